The van der Waals surface area contributed by atoms with Crippen LogP contribution < -0.4 is 30.7 Å². The molecule has 3 aromatic heterocycles. The molecule has 0 bridgehead atoms. The van der Waals surface area contributed by atoms with Gasteiger partial charge in [-0.15, -0.1) is 22.7 Å². The Labute approximate surface area is 393 Å². The van der Waals surface area contributed by atoms with Gasteiger partial charge >= 0.3 is 12.0 Å². The monoisotopic (exact) mass is 964 g/mol. The van der Waals surface area contributed by atoms with Gasteiger partial charge in [-0.3, -0.25) is 9.59 Å². The highest BCUT2D eigenvalue weighted by Crippen LogP contribution is 2.37. The number of nitrogens with one attached hydrogen (secondary N) is 4. The highest BCUT2D eigenvalue weighted by Gasteiger charge is 2.45. The third kappa shape index (κ3) is 11.4. The fourth-order valence-electron chi connectivity index (χ4n) is 8.38. The largest absolute Gasteiger partial charge is 0.497 e. The van der Waals surface area contributed by atoms with E-state index in [1.807, 2.05) is 58.2 Å². The van der Waals surface area contributed by atoms with Gasteiger partial charge in [0, 0.05) is 59.4 Å². The lowest BCUT2D eigenvalue weighted by atomic mass is 9.86. The van der Waals surface area contributed by atoms with Crippen LogP contribution in [0.15, 0.2) is 58.1 Å². The molecule has 6 heterocycles. The zero-order valence-corrected chi connectivity index (χ0v) is 40.6. The topological polar surface area (TPSA) is 221 Å². The van der Waals surface area contributed by atoms with Crippen molar-refractivity contribution in [3.63, 3.8) is 0 Å². The number of carboxylic acid groups (broad SMARTS) is 1. The fourth-order valence-corrected chi connectivity index (χ4v) is 12.2. The van der Waals surface area contributed by atoms with Crippen LogP contribution in [0.4, 0.5) is 9.93 Å². The molecule has 0 radical (unpaired) electrons. The number of sulfonamides is 1. The van der Waals surface area contributed by atoms with Crippen molar-refractivity contribution in [3.8, 4) is 22.9 Å². The quantitative estimate of drug-likeness (QED) is 0.0986. The molecule has 17 nitrogen and oxygen atoms in total. The van der Waals surface area contributed by atoms with Crippen molar-refractivity contribution in [1.82, 2.24) is 35.1 Å². The van der Waals surface area contributed by atoms with E-state index in [0.29, 0.717) is 46.6 Å². The molecule has 0 unspecified atom stereocenters. The first-order valence-electron chi connectivity index (χ1n) is 22.4. The van der Waals surface area contributed by atoms with Gasteiger partial charge < -0.3 is 40.7 Å². The first-order valence-corrected chi connectivity index (χ1v) is 25.6. The molecule has 4 amide bonds. The summed E-state index contributed by atoms with van der Waals surface area (Å²) in [5, 5.41) is 27.1. The number of rotatable bonds is 11. The number of hydrogen-bond acceptors (Lipinski definition) is 13. The number of anilines is 1. The number of urea groups is 1. The third-order valence-electron chi connectivity index (χ3n) is 12.0. The Balaban J connectivity index is 1.18. The van der Waals surface area contributed by atoms with Gasteiger partial charge in [0.1, 0.15) is 41.4 Å². The smallest absolute Gasteiger partial charge is 0.326 e. The van der Waals surface area contributed by atoms with Gasteiger partial charge in [-0.2, -0.15) is 4.31 Å². The van der Waals surface area contributed by atoms with E-state index in [0.717, 1.165) is 29.3 Å². The number of ether oxygens (including phenoxy) is 2. The summed E-state index contributed by atoms with van der Waals surface area (Å²) in [5.41, 5.74) is 1.15. The zero-order valence-electron chi connectivity index (χ0n) is 38.2. The number of aromatic nitrogens is 2. The van der Waals surface area contributed by atoms with Crippen LogP contribution in [-0.2, 0) is 31.0 Å². The maximum absolute atomic E-state index is 15.0. The van der Waals surface area contributed by atoms with Gasteiger partial charge in [-0.1, -0.05) is 45.8 Å². The number of aliphatic carboxylic acids is 1. The van der Waals surface area contributed by atoms with E-state index in [4.69, 9.17) is 19.4 Å². The van der Waals surface area contributed by atoms with E-state index >= 15 is 0 Å². The predicted molar refractivity (Wildman–Crippen MR) is 254 cm³/mol. The van der Waals surface area contributed by atoms with Crippen LogP contribution >= 0.6 is 22.7 Å². The van der Waals surface area contributed by atoms with E-state index < -0.39 is 69.5 Å². The van der Waals surface area contributed by atoms with Crippen molar-refractivity contribution in [3.05, 3.63) is 58.1 Å². The molecule has 3 aliphatic heterocycles. The number of methoxy groups -OCH3 is 1. The van der Waals surface area contributed by atoms with Crippen LogP contribution in [-0.4, -0.2) is 113 Å². The summed E-state index contributed by atoms with van der Waals surface area (Å²) in [6.45, 7) is 9.94. The SMILES string of the molecule is COc1ccc2c(O[C@@H]3C[C@H]4C(=O)N[C@H](C(=O)O)CC/C=C\CCCCC[C@H](NC(=O)N[C@H](CN5Cc6sccc6S5(=O)=O)C(C)(C)C)C(=O)N4C3)cc(-c3csc(NC(C)C)n3)nc2c1. The first kappa shape index (κ1) is 48.6. The van der Waals surface area contributed by atoms with Gasteiger partial charge in [0.25, 0.3) is 0 Å². The van der Waals surface area contributed by atoms with E-state index in [1.54, 1.807) is 36.8 Å². The molecule has 0 spiro atoms. The second-order valence-electron chi connectivity index (χ2n) is 18.4. The molecule has 5 atom stereocenters. The number of fused-ring (bicyclic) bond motifs is 3. The number of carbonyl (C=O) groups is 4. The van der Waals surface area contributed by atoms with Crippen LogP contribution in [0.5, 0.6) is 11.5 Å². The minimum atomic E-state index is -3.75. The maximum Gasteiger partial charge on any atom is 0.326 e. The summed E-state index contributed by atoms with van der Waals surface area (Å²) in [5.74, 6) is -1.34. The number of carbonyl (C=O) groups excluding carboxylic acids is 3. The summed E-state index contributed by atoms with van der Waals surface area (Å²) >= 11 is 2.82. The molecule has 356 valence electrons. The summed E-state index contributed by atoms with van der Waals surface area (Å²) in [6, 6.07) is 4.23. The second kappa shape index (κ2) is 20.7. The van der Waals surface area contributed by atoms with Crippen molar-refractivity contribution in [2.75, 3.05) is 25.5 Å². The molecule has 0 aliphatic carbocycles. The van der Waals surface area contributed by atoms with Crippen LogP contribution in [0.2, 0.25) is 0 Å². The second-order valence-corrected chi connectivity index (χ2v) is 22.2. The summed E-state index contributed by atoms with van der Waals surface area (Å²) < 4.78 is 40.5. The maximum atomic E-state index is 15.0. The Kier molecular flexibility index (Phi) is 15.2. The number of benzene rings is 1. The van der Waals surface area contributed by atoms with Gasteiger partial charge in [0.05, 0.1) is 29.8 Å². The third-order valence-corrected chi connectivity index (χ3v) is 15.8. The van der Waals surface area contributed by atoms with Crippen molar-refractivity contribution in [2.45, 2.75) is 134 Å². The minimum absolute atomic E-state index is 0.0154. The number of nitrogens with zero attached hydrogens (tertiary/aromatic N) is 4. The van der Waals surface area contributed by atoms with Crippen LogP contribution in [0.3, 0.4) is 0 Å². The van der Waals surface area contributed by atoms with E-state index in [2.05, 4.69) is 21.3 Å². The Bertz CT molecular complexity index is 2550. The normalized spacial score (nSPS) is 22.9. The summed E-state index contributed by atoms with van der Waals surface area (Å²) in [6.07, 6.45) is 6.98. The fraction of sp³-hybridized carbons (Fsp3) is 0.522. The van der Waals surface area contributed by atoms with Gasteiger partial charge in [-0.05, 0) is 74.9 Å². The van der Waals surface area contributed by atoms with Crippen LogP contribution in [0.25, 0.3) is 22.3 Å². The molecule has 1 aromatic carbocycles. The predicted octanol–water partition coefficient (Wildman–Crippen LogP) is 6.75. The molecule has 1 fully saturated rings. The molecule has 1 saturated heterocycles. The number of allylic oxidation sites excluding steroid dienone is 2. The Morgan fingerprint density at radius 3 is 2.53 bits per heavy atom. The van der Waals surface area contributed by atoms with Gasteiger partial charge in [0.2, 0.25) is 21.8 Å². The Morgan fingerprint density at radius 1 is 1.02 bits per heavy atom. The lowest BCUT2D eigenvalue weighted by Gasteiger charge is -2.35. The highest BCUT2D eigenvalue weighted by atomic mass is 32.2. The first-order chi connectivity index (χ1) is 31.4. The van der Waals surface area contributed by atoms with Crippen molar-refractivity contribution < 1.29 is 42.2 Å². The minimum Gasteiger partial charge on any atom is -0.497 e. The molecule has 20 heteroatoms. The summed E-state index contributed by atoms with van der Waals surface area (Å²) in [4.78, 5) is 67.8. The van der Waals surface area contributed by atoms with E-state index in [-0.39, 0.29) is 49.8 Å². The number of amides is 4. The molecule has 4 aromatic rings. The molecular weight excluding hydrogens is 905 g/mol. The van der Waals surface area contributed by atoms with E-state index in [9.17, 15) is 32.7 Å². The van der Waals surface area contributed by atoms with Gasteiger partial charge in [-0.25, -0.2) is 28.0 Å². The lowest BCUT2D eigenvalue weighted by Crippen LogP contribution is -2.59. The molecule has 3 aliphatic rings. The molecular formula is C46H60N8O9S3. The van der Waals surface area contributed by atoms with Crippen LogP contribution in [0.1, 0.15) is 90.9 Å². The molecule has 7 rings (SSSR count). The van der Waals surface area contributed by atoms with Crippen molar-refractivity contribution in [1.29, 1.82) is 0 Å². The van der Waals surface area contributed by atoms with E-state index in [1.165, 1.54) is 31.9 Å². The van der Waals surface area contributed by atoms with Crippen molar-refractivity contribution in [2.24, 2.45) is 5.41 Å². The summed E-state index contributed by atoms with van der Waals surface area (Å²) in [7, 11) is -2.18. The Hall–Kier alpha value is -5.31. The standard InChI is InChI=1S/C46H60N8O9S3/c1-27(2)47-45-51-35(26-65-45)34-22-37(30-17-16-28(62-6)20-33(30)48-34)63-29-21-36-41(55)49-32(43(57)58)15-13-11-9-7-8-10-12-14-31(42(56)54(36)23-29)50-44(59)52-40(46(3,4)5)25-53-24-38-39(18-19-64-38)66(53,60)61/h9,11,16-20,22,26-27,29,31-32,36,40H,7-8,10,12-15,21,23-25H2,1-6H3,(H,47,51)(H,49,55)(H,57,58)(H2,50,52,59)/b11-9-/t29-,31+,32+,36+,40-/m1/s1. The zero-order chi connectivity index (χ0) is 47.3. The average molecular weight is 965 g/mol. The molecule has 5 N–H and O–H groups in total. The number of thiazole rings is 1. The molecule has 66 heavy (non-hydrogen) atoms. The number of hydrogen-bond donors (Lipinski definition) is 5. The average Bonchev–Trinajstić information content (AvgIpc) is 4.06. The highest BCUT2D eigenvalue weighted by molar-refractivity contribution is 7.89. The van der Waals surface area contributed by atoms with Crippen molar-refractivity contribution >= 4 is 72.5 Å². The van der Waals surface area contributed by atoms with Gasteiger partial charge in [0.15, 0.2) is 5.13 Å². The molecule has 0 saturated carbocycles. The number of carboxylic acids is 1. The lowest BCUT2D eigenvalue weighted by molar-refractivity contribution is -0.144. The van der Waals surface area contributed by atoms with Crippen LogP contribution in [0, 0.1) is 5.41 Å². The number of thiophene rings is 1. The number of pyridine rings is 1. The Morgan fingerprint density at radius 2 is 1.80 bits per heavy atom.